The van der Waals surface area contributed by atoms with Crippen LogP contribution in [0, 0.1) is 0 Å². The average Bonchev–Trinajstić information content (AvgIpc) is 2.16. The molecule has 0 fully saturated rings. The highest BCUT2D eigenvalue weighted by atomic mass is 79.9. The molecule has 0 spiro atoms. The van der Waals surface area contributed by atoms with Crippen LogP contribution >= 0.6 is 15.9 Å². The molecule has 0 amide bonds. The second-order valence-electron chi connectivity index (χ2n) is 3.19. The Kier molecular flexibility index (Phi) is 3.29. The molecule has 1 rings (SSSR count). The molecule has 0 aromatic heterocycles. The smallest absolute Gasteiger partial charge is 0.328 e. The van der Waals surface area contributed by atoms with E-state index in [0.717, 1.165) is 10.0 Å². The SMILES string of the molecule is CN[C@](C)(C(=O)O)c1cccc(Br)c1. The summed E-state index contributed by atoms with van der Waals surface area (Å²) in [6.07, 6.45) is 0. The van der Waals surface area contributed by atoms with Crippen molar-refractivity contribution < 1.29 is 9.90 Å². The van der Waals surface area contributed by atoms with Gasteiger partial charge >= 0.3 is 5.97 Å². The van der Waals surface area contributed by atoms with E-state index < -0.39 is 11.5 Å². The van der Waals surface area contributed by atoms with Gasteiger partial charge in [0.1, 0.15) is 5.54 Å². The lowest BCUT2D eigenvalue weighted by Crippen LogP contribution is -2.44. The van der Waals surface area contributed by atoms with Crippen molar-refractivity contribution in [2.45, 2.75) is 12.5 Å². The molecule has 0 radical (unpaired) electrons. The van der Waals surface area contributed by atoms with E-state index in [1.54, 1.807) is 26.1 Å². The normalized spacial score (nSPS) is 14.8. The first-order chi connectivity index (χ1) is 6.50. The fraction of sp³-hybridized carbons (Fsp3) is 0.300. The van der Waals surface area contributed by atoms with Crippen LogP contribution in [-0.2, 0) is 10.3 Å². The quantitative estimate of drug-likeness (QED) is 0.871. The maximum atomic E-state index is 11.1. The van der Waals surface area contributed by atoms with E-state index in [1.807, 2.05) is 12.1 Å². The van der Waals surface area contributed by atoms with E-state index >= 15 is 0 Å². The highest BCUT2D eigenvalue weighted by Gasteiger charge is 2.33. The van der Waals surface area contributed by atoms with Crippen LogP contribution in [0.5, 0.6) is 0 Å². The van der Waals surface area contributed by atoms with Gasteiger partial charge in [0.05, 0.1) is 0 Å². The Bertz CT molecular complexity index is 354. The zero-order valence-electron chi connectivity index (χ0n) is 8.04. The van der Waals surface area contributed by atoms with Gasteiger partial charge in [-0.3, -0.25) is 0 Å². The van der Waals surface area contributed by atoms with Gasteiger partial charge in [0.15, 0.2) is 0 Å². The van der Waals surface area contributed by atoms with E-state index in [0.29, 0.717) is 0 Å². The highest BCUT2D eigenvalue weighted by molar-refractivity contribution is 9.10. The van der Waals surface area contributed by atoms with Gasteiger partial charge in [-0.15, -0.1) is 0 Å². The topological polar surface area (TPSA) is 49.3 Å². The van der Waals surface area contributed by atoms with Crippen molar-refractivity contribution in [2.24, 2.45) is 0 Å². The summed E-state index contributed by atoms with van der Waals surface area (Å²) in [5, 5.41) is 11.9. The first-order valence-corrected chi connectivity index (χ1v) is 4.98. The van der Waals surface area contributed by atoms with Crippen molar-refractivity contribution >= 4 is 21.9 Å². The van der Waals surface area contributed by atoms with Crippen molar-refractivity contribution in [2.75, 3.05) is 7.05 Å². The Morgan fingerprint density at radius 1 is 1.57 bits per heavy atom. The molecular weight excluding hydrogens is 246 g/mol. The summed E-state index contributed by atoms with van der Waals surface area (Å²) in [6, 6.07) is 7.26. The molecule has 1 aromatic carbocycles. The summed E-state index contributed by atoms with van der Waals surface area (Å²) in [5.74, 6) is -0.891. The number of aliphatic carboxylic acids is 1. The minimum absolute atomic E-state index is 0.724. The molecule has 2 N–H and O–H groups in total. The Morgan fingerprint density at radius 3 is 2.64 bits per heavy atom. The maximum Gasteiger partial charge on any atom is 0.328 e. The number of hydrogen-bond acceptors (Lipinski definition) is 2. The Morgan fingerprint density at radius 2 is 2.21 bits per heavy atom. The molecule has 14 heavy (non-hydrogen) atoms. The third-order valence-electron chi connectivity index (χ3n) is 2.33. The number of halogens is 1. The largest absolute Gasteiger partial charge is 0.480 e. The summed E-state index contributed by atoms with van der Waals surface area (Å²) in [4.78, 5) is 11.1. The van der Waals surface area contributed by atoms with Crippen molar-refractivity contribution in [3.63, 3.8) is 0 Å². The van der Waals surface area contributed by atoms with Crippen LogP contribution in [0.1, 0.15) is 12.5 Å². The molecule has 4 heteroatoms. The predicted octanol–water partition coefficient (Wildman–Crippen LogP) is 1.97. The second-order valence-corrected chi connectivity index (χ2v) is 4.11. The zero-order chi connectivity index (χ0) is 10.8. The average molecular weight is 258 g/mol. The number of carboxylic acids is 1. The molecular formula is C10H12BrNO2. The molecule has 3 nitrogen and oxygen atoms in total. The molecule has 0 bridgehead atoms. The number of hydrogen-bond donors (Lipinski definition) is 2. The molecule has 0 unspecified atom stereocenters. The molecule has 0 saturated carbocycles. The van der Waals surface area contributed by atoms with E-state index in [-0.39, 0.29) is 0 Å². The molecule has 0 aliphatic carbocycles. The Hall–Kier alpha value is -0.870. The zero-order valence-corrected chi connectivity index (χ0v) is 9.63. The summed E-state index contributed by atoms with van der Waals surface area (Å²) < 4.78 is 0.873. The van der Waals surface area contributed by atoms with Crippen LogP contribution in [0.15, 0.2) is 28.7 Å². The first kappa shape index (κ1) is 11.2. The van der Waals surface area contributed by atoms with Gasteiger partial charge in [-0.05, 0) is 31.7 Å². The number of carboxylic acid groups (broad SMARTS) is 1. The maximum absolute atomic E-state index is 11.1. The minimum atomic E-state index is -1.04. The van der Waals surface area contributed by atoms with Gasteiger partial charge in [-0.1, -0.05) is 28.1 Å². The third-order valence-corrected chi connectivity index (χ3v) is 2.82. The van der Waals surface area contributed by atoms with E-state index in [9.17, 15) is 4.79 Å². The van der Waals surface area contributed by atoms with Crippen molar-refractivity contribution in [3.8, 4) is 0 Å². The van der Waals surface area contributed by atoms with E-state index in [4.69, 9.17) is 5.11 Å². The summed E-state index contributed by atoms with van der Waals surface area (Å²) in [7, 11) is 1.63. The Balaban J connectivity index is 3.19. The third kappa shape index (κ3) is 1.96. The van der Waals surface area contributed by atoms with Crippen LogP contribution < -0.4 is 5.32 Å². The number of rotatable bonds is 3. The van der Waals surface area contributed by atoms with E-state index in [1.165, 1.54) is 0 Å². The van der Waals surface area contributed by atoms with Crippen LogP contribution in [0.3, 0.4) is 0 Å². The van der Waals surface area contributed by atoms with Crippen molar-refractivity contribution in [1.29, 1.82) is 0 Å². The van der Waals surface area contributed by atoms with Crippen LogP contribution in [0.25, 0.3) is 0 Å². The molecule has 0 aliphatic rings. The summed E-state index contributed by atoms with van der Waals surface area (Å²) in [5.41, 5.74) is -0.314. The Labute approximate surface area is 91.3 Å². The van der Waals surface area contributed by atoms with Gasteiger partial charge in [0.2, 0.25) is 0 Å². The van der Waals surface area contributed by atoms with Crippen molar-refractivity contribution in [1.82, 2.24) is 5.32 Å². The number of benzene rings is 1. The summed E-state index contributed by atoms with van der Waals surface area (Å²) >= 11 is 3.31. The van der Waals surface area contributed by atoms with Gasteiger partial charge in [-0.25, -0.2) is 4.79 Å². The monoisotopic (exact) mass is 257 g/mol. The molecule has 1 aromatic rings. The lowest BCUT2D eigenvalue weighted by atomic mass is 9.92. The lowest BCUT2D eigenvalue weighted by molar-refractivity contribution is -0.144. The van der Waals surface area contributed by atoms with Crippen LogP contribution in [0.4, 0.5) is 0 Å². The highest BCUT2D eigenvalue weighted by Crippen LogP contribution is 2.23. The number of nitrogens with one attached hydrogen (secondary N) is 1. The predicted molar refractivity (Wildman–Crippen MR) is 58.2 cm³/mol. The first-order valence-electron chi connectivity index (χ1n) is 4.19. The standard InChI is InChI=1S/C10H12BrNO2/c1-10(12-2,9(13)14)7-4-3-5-8(11)6-7/h3-6,12H,1-2H3,(H,13,14)/t10-/m0/s1. The van der Waals surface area contributed by atoms with Gasteiger partial charge in [0, 0.05) is 4.47 Å². The fourth-order valence-electron chi connectivity index (χ4n) is 1.17. The van der Waals surface area contributed by atoms with Crippen molar-refractivity contribution in [3.05, 3.63) is 34.3 Å². The lowest BCUT2D eigenvalue weighted by Gasteiger charge is -2.24. The van der Waals surface area contributed by atoms with E-state index in [2.05, 4.69) is 21.2 Å². The molecule has 0 heterocycles. The fourth-order valence-corrected chi connectivity index (χ4v) is 1.57. The van der Waals surface area contributed by atoms with Gasteiger partial charge in [0.25, 0.3) is 0 Å². The number of likely N-dealkylation sites (N-methyl/N-ethyl adjacent to an activating group) is 1. The minimum Gasteiger partial charge on any atom is -0.480 e. The summed E-state index contributed by atoms with van der Waals surface area (Å²) in [6.45, 7) is 1.64. The molecule has 76 valence electrons. The van der Waals surface area contributed by atoms with Crippen LogP contribution in [-0.4, -0.2) is 18.1 Å². The molecule has 1 atom stereocenters. The number of carbonyl (C=O) groups is 1. The molecule has 0 aliphatic heterocycles. The van der Waals surface area contributed by atoms with Crippen LogP contribution in [0.2, 0.25) is 0 Å². The van der Waals surface area contributed by atoms with Gasteiger partial charge in [-0.2, -0.15) is 0 Å². The molecule has 0 saturated heterocycles. The van der Waals surface area contributed by atoms with Gasteiger partial charge < -0.3 is 10.4 Å². The second kappa shape index (κ2) is 4.11.